The van der Waals surface area contributed by atoms with Crippen LogP contribution in [0.4, 0.5) is 0 Å². The highest BCUT2D eigenvalue weighted by atomic mass is 14.4. The molecule has 0 fully saturated rings. The number of fused-ring (bicyclic) bond motifs is 7. The van der Waals surface area contributed by atoms with Gasteiger partial charge in [0.2, 0.25) is 0 Å². The van der Waals surface area contributed by atoms with Gasteiger partial charge in [-0.25, -0.2) is 0 Å². The maximum absolute atomic E-state index is 2.45. The number of hydrogen-bond acceptors (Lipinski definition) is 0. The van der Waals surface area contributed by atoms with Gasteiger partial charge in [-0.05, 0) is 135 Å². The average Bonchev–Trinajstić information content (AvgIpc) is 3.64. The Morgan fingerprint density at radius 2 is 0.517 bits per heavy atom. The lowest BCUT2D eigenvalue weighted by molar-refractivity contribution is 0.659. The zero-order valence-corrected chi connectivity index (χ0v) is 33.5. The molecule has 58 heavy (non-hydrogen) atoms. The molecule has 0 aromatic heterocycles. The third-order valence-corrected chi connectivity index (χ3v) is 13.3. The summed E-state index contributed by atoms with van der Waals surface area (Å²) in [6, 6.07) is 72.4. The summed E-state index contributed by atoms with van der Waals surface area (Å²) in [4.78, 5) is 0. The van der Waals surface area contributed by atoms with Gasteiger partial charge in [0.1, 0.15) is 0 Å². The minimum absolute atomic E-state index is 0.0128. The van der Waals surface area contributed by atoms with Gasteiger partial charge in [-0.2, -0.15) is 0 Å². The Morgan fingerprint density at radius 1 is 0.224 bits per heavy atom. The van der Waals surface area contributed by atoms with E-state index in [1.165, 1.54) is 111 Å². The van der Waals surface area contributed by atoms with Crippen molar-refractivity contribution >= 4 is 10.8 Å². The van der Waals surface area contributed by atoms with E-state index in [-0.39, 0.29) is 10.8 Å². The monoisotopic (exact) mass is 740 g/mol. The van der Waals surface area contributed by atoms with Gasteiger partial charge in [0.05, 0.1) is 0 Å². The molecular formula is C58H44. The van der Waals surface area contributed by atoms with Crippen LogP contribution < -0.4 is 0 Å². The maximum Gasteiger partial charge on any atom is 0.0159 e. The van der Waals surface area contributed by atoms with E-state index in [1.54, 1.807) is 0 Å². The molecule has 2 aliphatic rings. The zero-order chi connectivity index (χ0) is 39.2. The third kappa shape index (κ3) is 5.43. The van der Waals surface area contributed by atoms with Crippen molar-refractivity contribution in [3.05, 3.63) is 216 Å². The Morgan fingerprint density at radius 3 is 0.983 bits per heavy atom. The van der Waals surface area contributed by atoms with Gasteiger partial charge in [0.25, 0.3) is 0 Å². The first-order chi connectivity index (χ1) is 28.2. The highest BCUT2D eigenvalue weighted by Gasteiger charge is 2.37. The Labute approximate surface area is 342 Å². The van der Waals surface area contributed by atoms with Crippen LogP contribution in [-0.4, -0.2) is 0 Å². The van der Waals surface area contributed by atoms with Crippen molar-refractivity contribution in [2.45, 2.75) is 38.5 Å². The second-order valence-corrected chi connectivity index (χ2v) is 17.4. The van der Waals surface area contributed by atoms with Crippen molar-refractivity contribution in [3.63, 3.8) is 0 Å². The molecule has 0 nitrogen and oxygen atoms in total. The molecule has 0 unspecified atom stereocenters. The molecule has 0 aliphatic heterocycles. The molecule has 9 aromatic rings. The first-order valence-electron chi connectivity index (χ1n) is 20.6. The summed E-state index contributed by atoms with van der Waals surface area (Å²) >= 11 is 0. The Bertz CT molecular complexity index is 3060. The maximum atomic E-state index is 2.45. The summed E-state index contributed by atoms with van der Waals surface area (Å²) < 4.78 is 0. The van der Waals surface area contributed by atoms with E-state index in [0.29, 0.717) is 0 Å². The number of benzene rings is 9. The molecule has 0 spiro atoms. The SMILES string of the molecule is CC1(C)c2ccccc2-c2ccc(-c3ccc4c(c3)C(C)(C)c3cc(-c5ccc(-c6ccc(-c7ccc(-c8ccc9ccccc9c8)cc7)cc6)cc5)ccc3-4)cc21. The van der Waals surface area contributed by atoms with Crippen LogP contribution in [0.1, 0.15) is 49.9 Å². The van der Waals surface area contributed by atoms with Crippen LogP contribution in [0.15, 0.2) is 194 Å². The van der Waals surface area contributed by atoms with E-state index < -0.39 is 0 Å². The fourth-order valence-corrected chi connectivity index (χ4v) is 9.91. The Hall–Kier alpha value is -6.76. The van der Waals surface area contributed by atoms with Crippen LogP contribution in [-0.2, 0) is 10.8 Å². The lowest BCUT2D eigenvalue weighted by atomic mass is 9.80. The molecule has 0 heterocycles. The molecule has 0 heteroatoms. The summed E-state index contributed by atoms with van der Waals surface area (Å²) in [7, 11) is 0. The minimum Gasteiger partial charge on any atom is -0.0619 e. The highest BCUT2D eigenvalue weighted by molar-refractivity contribution is 5.89. The van der Waals surface area contributed by atoms with Gasteiger partial charge < -0.3 is 0 Å². The largest absolute Gasteiger partial charge is 0.0619 e. The van der Waals surface area contributed by atoms with Crippen molar-refractivity contribution in [1.82, 2.24) is 0 Å². The molecule has 9 aromatic carbocycles. The van der Waals surface area contributed by atoms with E-state index >= 15 is 0 Å². The molecular weight excluding hydrogens is 697 g/mol. The fraction of sp³-hybridized carbons (Fsp3) is 0.103. The first-order valence-corrected chi connectivity index (χ1v) is 20.6. The molecule has 2 aliphatic carbocycles. The van der Waals surface area contributed by atoms with Crippen LogP contribution in [0.3, 0.4) is 0 Å². The standard InChI is InChI=1S/C58H44/c1-57(2)53-12-8-7-11-49(53)50-31-28-47(35-54(50)57)48-29-32-52-51-30-27-46(34-55(51)58(3,4)56(52)36-48)43-23-19-41(20-24-43)39-15-13-38(14-16-39)40-17-21-42(22-18-40)45-26-25-37-9-5-6-10-44(37)33-45/h5-36H,1-4H3. The average molecular weight is 741 g/mol. The van der Waals surface area contributed by atoms with Crippen LogP contribution in [0, 0.1) is 0 Å². The Kier molecular flexibility index (Phi) is 7.66. The lowest BCUT2D eigenvalue weighted by Gasteiger charge is -2.23. The molecule has 11 rings (SSSR count). The molecule has 0 radical (unpaired) electrons. The lowest BCUT2D eigenvalue weighted by Crippen LogP contribution is -2.15. The molecule has 0 saturated heterocycles. The van der Waals surface area contributed by atoms with Gasteiger partial charge in [-0.15, -0.1) is 0 Å². The van der Waals surface area contributed by atoms with Gasteiger partial charge in [0.15, 0.2) is 0 Å². The molecule has 276 valence electrons. The minimum atomic E-state index is -0.110. The topological polar surface area (TPSA) is 0 Å². The smallest absolute Gasteiger partial charge is 0.0159 e. The molecule has 0 atom stereocenters. The molecule has 0 bridgehead atoms. The van der Waals surface area contributed by atoms with E-state index in [1.807, 2.05) is 0 Å². The Balaban J connectivity index is 0.821. The van der Waals surface area contributed by atoms with Crippen molar-refractivity contribution in [2.75, 3.05) is 0 Å². The van der Waals surface area contributed by atoms with Gasteiger partial charge in [-0.1, -0.05) is 198 Å². The summed E-state index contributed by atoms with van der Waals surface area (Å²) in [5.41, 5.74) is 23.4. The van der Waals surface area contributed by atoms with E-state index in [4.69, 9.17) is 0 Å². The summed E-state index contributed by atoms with van der Waals surface area (Å²) in [5, 5.41) is 2.54. The van der Waals surface area contributed by atoms with E-state index in [2.05, 4.69) is 222 Å². The summed E-state index contributed by atoms with van der Waals surface area (Å²) in [5.74, 6) is 0. The second-order valence-electron chi connectivity index (χ2n) is 17.4. The quantitative estimate of drug-likeness (QED) is 0.165. The van der Waals surface area contributed by atoms with Crippen molar-refractivity contribution < 1.29 is 0 Å². The second kappa shape index (κ2) is 12.9. The van der Waals surface area contributed by atoms with Crippen molar-refractivity contribution in [3.8, 4) is 77.9 Å². The van der Waals surface area contributed by atoms with Crippen LogP contribution >= 0.6 is 0 Å². The summed E-state index contributed by atoms with van der Waals surface area (Å²) in [6.45, 7) is 9.50. The first kappa shape index (κ1) is 34.5. The number of hydrogen-bond donors (Lipinski definition) is 0. The van der Waals surface area contributed by atoms with E-state index in [9.17, 15) is 0 Å². The predicted octanol–water partition coefficient (Wildman–Crippen LogP) is 15.8. The van der Waals surface area contributed by atoms with Gasteiger partial charge in [0, 0.05) is 10.8 Å². The van der Waals surface area contributed by atoms with Crippen LogP contribution in [0.5, 0.6) is 0 Å². The van der Waals surface area contributed by atoms with Crippen molar-refractivity contribution in [1.29, 1.82) is 0 Å². The van der Waals surface area contributed by atoms with E-state index in [0.717, 1.165) is 0 Å². The predicted molar refractivity (Wildman–Crippen MR) is 246 cm³/mol. The molecule has 0 amide bonds. The van der Waals surface area contributed by atoms with Gasteiger partial charge >= 0.3 is 0 Å². The molecule has 0 saturated carbocycles. The zero-order valence-electron chi connectivity index (χ0n) is 33.5. The van der Waals surface area contributed by atoms with Gasteiger partial charge in [-0.3, -0.25) is 0 Å². The molecule has 0 N–H and O–H groups in total. The fourth-order valence-electron chi connectivity index (χ4n) is 9.91. The normalized spacial score (nSPS) is 14.1. The van der Waals surface area contributed by atoms with Crippen molar-refractivity contribution in [2.24, 2.45) is 0 Å². The summed E-state index contributed by atoms with van der Waals surface area (Å²) in [6.07, 6.45) is 0. The third-order valence-electron chi connectivity index (χ3n) is 13.3. The van der Waals surface area contributed by atoms with Crippen LogP contribution in [0.25, 0.3) is 88.7 Å². The number of rotatable bonds is 5. The van der Waals surface area contributed by atoms with Crippen LogP contribution in [0.2, 0.25) is 0 Å². The highest BCUT2D eigenvalue weighted by Crippen LogP contribution is 2.52.